The Labute approximate surface area is 224 Å². The largest absolute Gasteiger partial charge is 0.508 e. The maximum atomic E-state index is 13.4. The smallest absolute Gasteiger partial charge is 0.197 e. The molecule has 40 heavy (non-hydrogen) atoms. The molecular formula is C26H28O14. The fourth-order valence-corrected chi connectivity index (χ4v) is 5.11. The SMILES string of the molecule is O=c1cc(-c2ccc(O)cc2)oc2c([C@H]3OC[C@@H](O)[C@@H](O)[C@@H]3O)c(O)c([C@@H]3O[C@@H](CO)[C@@H](O)[C@@H](O)[C@H]3O)c(O)c12. The Hall–Kier alpha value is -3.31. The minimum Gasteiger partial charge on any atom is -0.508 e. The third-order valence-electron chi connectivity index (χ3n) is 7.31. The van der Waals surface area contributed by atoms with Gasteiger partial charge in [-0.1, -0.05) is 0 Å². The quantitative estimate of drug-likeness (QED) is 0.169. The Morgan fingerprint density at radius 2 is 1.43 bits per heavy atom. The number of benzene rings is 2. The van der Waals surface area contributed by atoms with E-state index >= 15 is 0 Å². The molecule has 2 fully saturated rings. The molecule has 3 aromatic rings. The molecule has 2 aliphatic rings. The second-order valence-corrected chi connectivity index (χ2v) is 9.80. The van der Waals surface area contributed by atoms with E-state index in [1.54, 1.807) is 0 Å². The summed E-state index contributed by atoms with van der Waals surface area (Å²) in [4.78, 5) is 13.4. The number of phenolic OH excluding ortho intramolecular Hbond substituents is 3. The van der Waals surface area contributed by atoms with Gasteiger partial charge in [-0.25, -0.2) is 0 Å². The van der Waals surface area contributed by atoms with E-state index in [1.165, 1.54) is 24.3 Å². The van der Waals surface area contributed by atoms with E-state index in [4.69, 9.17) is 13.9 Å². The summed E-state index contributed by atoms with van der Waals surface area (Å²) in [5.74, 6) is -2.01. The predicted octanol–water partition coefficient (Wildman–Crippen LogP) is -1.75. The first kappa shape index (κ1) is 28.2. The zero-order chi connectivity index (χ0) is 29.0. The molecule has 2 aromatic carbocycles. The van der Waals surface area contributed by atoms with Crippen LogP contribution >= 0.6 is 0 Å². The van der Waals surface area contributed by atoms with E-state index < -0.39 is 107 Å². The Morgan fingerprint density at radius 1 is 0.775 bits per heavy atom. The molecule has 3 heterocycles. The highest BCUT2D eigenvalue weighted by atomic mass is 16.5. The fourth-order valence-electron chi connectivity index (χ4n) is 5.11. The van der Waals surface area contributed by atoms with Gasteiger partial charge in [0.2, 0.25) is 0 Å². The van der Waals surface area contributed by atoms with Crippen molar-refractivity contribution in [3.05, 3.63) is 51.7 Å². The lowest BCUT2D eigenvalue weighted by Crippen LogP contribution is -2.55. The van der Waals surface area contributed by atoms with Crippen molar-refractivity contribution in [3.63, 3.8) is 0 Å². The average Bonchev–Trinajstić information content (AvgIpc) is 2.92. The van der Waals surface area contributed by atoms with E-state index in [0.29, 0.717) is 5.56 Å². The molecule has 2 saturated heterocycles. The summed E-state index contributed by atoms with van der Waals surface area (Å²) in [6.07, 6.45) is -15.7. The molecule has 0 unspecified atom stereocenters. The van der Waals surface area contributed by atoms with Crippen LogP contribution in [0.1, 0.15) is 23.3 Å². The first-order chi connectivity index (χ1) is 19.0. The van der Waals surface area contributed by atoms with Crippen LogP contribution in [0.25, 0.3) is 22.3 Å². The van der Waals surface area contributed by atoms with Gasteiger partial charge in [0, 0.05) is 11.6 Å². The number of aliphatic hydroxyl groups excluding tert-OH is 7. The van der Waals surface area contributed by atoms with Crippen molar-refractivity contribution >= 4 is 11.0 Å². The molecule has 5 rings (SSSR count). The van der Waals surface area contributed by atoms with E-state index in [1.807, 2.05) is 0 Å². The van der Waals surface area contributed by atoms with Crippen molar-refractivity contribution in [3.8, 4) is 28.6 Å². The van der Waals surface area contributed by atoms with Gasteiger partial charge in [-0.3, -0.25) is 4.79 Å². The minimum atomic E-state index is -1.98. The highest BCUT2D eigenvalue weighted by Crippen LogP contribution is 2.50. The summed E-state index contributed by atoms with van der Waals surface area (Å²) in [5, 5.41) is 104. The van der Waals surface area contributed by atoms with Crippen LogP contribution in [0, 0.1) is 0 Å². The van der Waals surface area contributed by atoms with Crippen molar-refractivity contribution in [1.82, 2.24) is 0 Å². The number of hydrogen-bond donors (Lipinski definition) is 10. The van der Waals surface area contributed by atoms with Crippen LogP contribution in [0.2, 0.25) is 0 Å². The average molecular weight is 564 g/mol. The fraction of sp³-hybridized carbons (Fsp3) is 0.423. The Kier molecular flexibility index (Phi) is 7.47. The number of fused-ring (bicyclic) bond motifs is 1. The number of phenols is 3. The van der Waals surface area contributed by atoms with Crippen molar-refractivity contribution in [2.24, 2.45) is 0 Å². The number of aromatic hydroxyl groups is 3. The molecule has 0 bridgehead atoms. The maximum absolute atomic E-state index is 13.4. The standard InChI is InChI=1S/C26H28O14/c27-6-13-18(32)21(35)23(37)26(40-13)15-19(33)14-10(29)5-12(8-1-3-9(28)4-2-8)39-24(14)16(20(15)34)25-22(36)17(31)11(30)7-38-25/h1-5,11,13,17-18,21-23,25-28,30-37H,6-7H2/t11-,13+,17-,18-,21-,22+,23-,25-,26+/m1/s1. The zero-order valence-corrected chi connectivity index (χ0v) is 20.6. The van der Waals surface area contributed by atoms with Gasteiger partial charge in [-0.05, 0) is 24.3 Å². The molecule has 14 heteroatoms. The third-order valence-corrected chi connectivity index (χ3v) is 7.31. The van der Waals surface area contributed by atoms with Gasteiger partial charge in [-0.2, -0.15) is 0 Å². The topological polar surface area (TPSA) is 251 Å². The first-order valence-electron chi connectivity index (χ1n) is 12.3. The molecular weight excluding hydrogens is 536 g/mol. The lowest BCUT2D eigenvalue weighted by atomic mass is 9.85. The van der Waals surface area contributed by atoms with Gasteiger partial charge < -0.3 is 65.0 Å². The Morgan fingerprint density at radius 3 is 2.08 bits per heavy atom. The van der Waals surface area contributed by atoms with Gasteiger partial charge in [0.25, 0.3) is 0 Å². The number of hydrogen-bond acceptors (Lipinski definition) is 14. The van der Waals surface area contributed by atoms with Crippen LogP contribution in [0.3, 0.4) is 0 Å². The molecule has 0 amide bonds. The van der Waals surface area contributed by atoms with Crippen molar-refractivity contribution in [2.75, 3.05) is 13.2 Å². The second-order valence-electron chi connectivity index (χ2n) is 9.80. The number of rotatable bonds is 4. The van der Waals surface area contributed by atoms with Gasteiger partial charge in [0.1, 0.15) is 83.3 Å². The zero-order valence-electron chi connectivity index (χ0n) is 20.6. The van der Waals surface area contributed by atoms with E-state index in [0.717, 1.165) is 6.07 Å². The summed E-state index contributed by atoms with van der Waals surface area (Å²) in [6.45, 7) is -1.34. The van der Waals surface area contributed by atoms with Crippen molar-refractivity contribution < 1.29 is 65.0 Å². The first-order valence-corrected chi connectivity index (χ1v) is 12.3. The van der Waals surface area contributed by atoms with E-state index in [2.05, 4.69) is 0 Å². The van der Waals surface area contributed by atoms with Gasteiger partial charge in [0.15, 0.2) is 11.0 Å². The van der Waals surface area contributed by atoms with E-state index in [-0.39, 0.29) is 11.5 Å². The van der Waals surface area contributed by atoms with Crippen LogP contribution in [-0.2, 0) is 9.47 Å². The lowest BCUT2D eigenvalue weighted by Gasteiger charge is -2.41. The molecule has 216 valence electrons. The lowest BCUT2D eigenvalue weighted by molar-refractivity contribution is -0.232. The normalized spacial score (nSPS) is 32.8. The van der Waals surface area contributed by atoms with Crippen LogP contribution in [0.5, 0.6) is 17.2 Å². The highest BCUT2D eigenvalue weighted by Gasteiger charge is 2.48. The van der Waals surface area contributed by atoms with Gasteiger partial charge in [0.05, 0.1) is 24.3 Å². The highest BCUT2D eigenvalue weighted by molar-refractivity contribution is 5.92. The van der Waals surface area contributed by atoms with Crippen LogP contribution in [0.15, 0.2) is 39.5 Å². The molecule has 1 aromatic heterocycles. The summed E-state index contributed by atoms with van der Waals surface area (Å²) in [5.41, 5.74) is -2.15. The molecule has 0 aliphatic carbocycles. The molecule has 0 radical (unpaired) electrons. The number of ether oxygens (including phenoxy) is 2. The predicted molar refractivity (Wildman–Crippen MR) is 132 cm³/mol. The van der Waals surface area contributed by atoms with Crippen LogP contribution in [0.4, 0.5) is 0 Å². The summed E-state index contributed by atoms with van der Waals surface area (Å²) in [6, 6.07) is 6.50. The second kappa shape index (κ2) is 10.6. The van der Waals surface area contributed by atoms with Crippen molar-refractivity contribution in [2.45, 2.75) is 54.9 Å². The summed E-state index contributed by atoms with van der Waals surface area (Å²) < 4.78 is 16.9. The molecule has 0 spiro atoms. The third kappa shape index (κ3) is 4.49. The van der Waals surface area contributed by atoms with Gasteiger partial charge >= 0.3 is 0 Å². The summed E-state index contributed by atoms with van der Waals surface area (Å²) >= 11 is 0. The summed E-state index contributed by atoms with van der Waals surface area (Å²) in [7, 11) is 0. The Bertz CT molecular complexity index is 1450. The maximum Gasteiger partial charge on any atom is 0.197 e. The van der Waals surface area contributed by atoms with Crippen LogP contribution in [-0.4, -0.2) is 107 Å². The van der Waals surface area contributed by atoms with Gasteiger partial charge in [-0.15, -0.1) is 0 Å². The molecule has 9 atom stereocenters. The van der Waals surface area contributed by atoms with Crippen molar-refractivity contribution in [1.29, 1.82) is 0 Å². The Balaban J connectivity index is 1.80. The number of aliphatic hydroxyl groups is 7. The molecule has 0 saturated carbocycles. The molecule has 10 N–H and O–H groups in total. The van der Waals surface area contributed by atoms with Crippen LogP contribution < -0.4 is 5.43 Å². The van der Waals surface area contributed by atoms with E-state index in [9.17, 15) is 55.9 Å². The monoisotopic (exact) mass is 564 g/mol. The molecule has 2 aliphatic heterocycles. The minimum absolute atomic E-state index is 0.0710. The molecule has 14 nitrogen and oxygen atoms in total.